The summed E-state index contributed by atoms with van der Waals surface area (Å²) in [5.41, 5.74) is 1.74. The molecule has 4 nitrogen and oxygen atoms in total. The fraction of sp³-hybridized carbons (Fsp3) is 0.429. The van der Waals surface area contributed by atoms with Gasteiger partial charge in [-0.15, -0.1) is 0 Å². The molecular formula is C14H17NO3. The Morgan fingerprint density at radius 3 is 2.78 bits per heavy atom. The van der Waals surface area contributed by atoms with Crippen LogP contribution in [0.5, 0.6) is 0 Å². The Bertz CT molecular complexity index is 442. The van der Waals surface area contributed by atoms with Crippen LogP contribution in [0.3, 0.4) is 0 Å². The van der Waals surface area contributed by atoms with E-state index in [0.29, 0.717) is 13.0 Å². The molecule has 0 radical (unpaired) electrons. The molecule has 1 aromatic rings. The van der Waals surface area contributed by atoms with Gasteiger partial charge in [0.05, 0.1) is 5.71 Å². The predicted octanol–water partition coefficient (Wildman–Crippen LogP) is 2.53. The molecule has 1 aliphatic heterocycles. The molecule has 2 rings (SSSR count). The fourth-order valence-electron chi connectivity index (χ4n) is 1.97. The van der Waals surface area contributed by atoms with Gasteiger partial charge in [0.25, 0.3) is 0 Å². The number of oxime groups is 1. The van der Waals surface area contributed by atoms with Gasteiger partial charge in [-0.1, -0.05) is 42.4 Å². The van der Waals surface area contributed by atoms with Crippen molar-refractivity contribution in [3.8, 4) is 0 Å². The Morgan fingerprint density at radius 1 is 1.39 bits per heavy atom. The molecule has 1 heterocycles. The first-order chi connectivity index (χ1) is 8.72. The van der Waals surface area contributed by atoms with E-state index in [-0.39, 0.29) is 18.0 Å². The van der Waals surface area contributed by atoms with E-state index in [1.165, 1.54) is 0 Å². The molecule has 0 bridgehead atoms. The largest absolute Gasteiger partial charge is 0.460 e. The zero-order valence-corrected chi connectivity index (χ0v) is 10.6. The van der Waals surface area contributed by atoms with Crippen LogP contribution in [0, 0.1) is 5.92 Å². The van der Waals surface area contributed by atoms with Crippen molar-refractivity contribution in [1.29, 1.82) is 0 Å². The number of hydrogen-bond donors (Lipinski definition) is 0. The van der Waals surface area contributed by atoms with Crippen LogP contribution in [-0.2, 0) is 21.0 Å². The lowest BCUT2D eigenvalue weighted by atomic mass is 9.97. The van der Waals surface area contributed by atoms with Crippen molar-refractivity contribution in [3.63, 3.8) is 0 Å². The van der Waals surface area contributed by atoms with Crippen LogP contribution in [0.4, 0.5) is 0 Å². The molecule has 2 atom stereocenters. The smallest absolute Gasteiger partial charge is 0.319 e. The highest BCUT2D eigenvalue weighted by Gasteiger charge is 2.37. The zero-order valence-electron chi connectivity index (χ0n) is 10.6. The Kier molecular flexibility index (Phi) is 3.97. The summed E-state index contributed by atoms with van der Waals surface area (Å²) in [4.78, 5) is 17.1. The Labute approximate surface area is 107 Å². The molecule has 18 heavy (non-hydrogen) atoms. The van der Waals surface area contributed by atoms with E-state index in [1.54, 1.807) is 0 Å². The van der Waals surface area contributed by atoms with E-state index < -0.39 is 0 Å². The monoisotopic (exact) mass is 247 g/mol. The highest BCUT2D eigenvalue weighted by Crippen LogP contribution is 2.22. The summed E-state index contributed by atoms with van der Waals surface area (Å²) >= 11 is 0. The molecule has 0 aromatic heterocycles. The quantitative estimate of drug-likeness (QED) is 0.768. The van der Waals surface area contributed by atoms with Gasteiger partial charge < -0.3 is 9.57 Å². The van der Waals surface area contributed by atoms with Crippen molar-refractivity contribution in [2.24, 2.45) is 11.1 Å². The minimum Gasteiger partial charge on any atom is -0.460 e. The first-order valence-electron chi connectivity index (χ1n) is 6.15. The van der Waals surface area contributed by atoms with Gasteiger partial charge in [-0.25, -0.2) is 0 Å². The average Bonchev–Trinajstić information content (AvgIpc) is 2.78. The molecule has 0 spiro atoms. The maximum atomic E-state index is 12.0. The summed E-state index contributed by atoms with van der Waals surface area (Å²) in [6.45, 7) is 4.08. The summed E-state index contributed by atoms with van der Waals surface area (Å²) in [5.74, 6) is -0.622. The van der Waals surface area contributed by atoms with Gasteiger partial charge in [0.15, 0.2) is 0 Å². The van der Waals surface area contributed by atoms with Gasteiger partial charge in [-0.05, 0) is 18.9 Å². The minimum atomic E-state index is -0.362. The molecule has 0 saturated heterocycles. The fourth-order valence-corrected chi connectivity index (χ4v) is 1.97. The van der Waals surface area contributed by atoms with Gasteiger partial charge >= 0.3 is 5.97 Å². The predicted molar refractivity (Wildman–Crippen MR) is 68.0 cm³/mol. The molecule has 4 heteroatoms. The van der Waals surface area contributed by atoms with Gasteiger partial charge in [-0.3, -0.25) is 4.79 Å². The summed E-state index contributed by atoms with van der Waals surface area (Å²) < 4.78 is 5.31. The van der Waals surface area contributed by atoms with E-state index in [1.807, 2.05) is 44.2 Å². The maximum absolute atomic E-state index is 12.0. The van der Waals surface area contributed by atoms with Gasteiger partial charge in [0, 0.05) is 0 Å². The van der Waals surface area contributed by atoms with E-state index in [2.05, 4.69) is 5.16 Å². The molecule has 0 saturated carbocycles. The lowest BCUT2D eigenvalue weighted by Gasteiger charge is -2.14. The van der Waals surface area contributed by atoms with Crippen LogP contribution in [0.2, 0.25) is 0 Å². The second-order valence-corrected chi connectivity index (χ2v) is 4.32. The molecule has 0 unspecified atom stereocenters. The van der Waals surface area contributed by atoms with Crippen molar-refractivity contribution in [1.82, 2.24) is 0 Å². The van der Waals surface area contributed by atoms with Crippen LogP contribution < -0.4 is 0 Å². The van der Waals surface area contributed by atoms with Crippen molar-refractivity contribution in [3.05, 3.63) is 35.9 Å². The summed E-state index contributed by atoms with van der Waals surface area (Å²) in [6.07, 6.45) is 0.471. The molecule has 0 amide bonds. The van der Waals surface area contributed by atoms with Gasteiger partial charge in [0.1, 0.15) is 18.6 Å². The van der Waals surface area contributed by atoms with E-state index in [4.69, 9.17) is 9.57 Å². The lowest BCUT2D eigenvalue weighted by Crippen LogP contribution is -2.30. The van der Waals surface area contributed by atoms with Crippen molar-refractivity contribution in [2.45, 2.75) is 33.0 Å². The number of nitrogens with zero attached hydrogens (tertiary/aromatic N) is 1. The van der Waals surface area contributed by atoms with Crippen LogP contribution >= 0.6 is 0 Å². The van der Waals surface area contributed by atoms with Crippen molar-refractivity contribution >= 4 is 11.7 Å². The lowest BCUT2D eigenvalue weighted by molar-refractivity contribution is -0.150. The molecule has 0 fully saturated rings. The molecule has 1 aromatic carbocycles. The maximum Gasteiger partial charge on any atom is 0.319 e. The molecule has 0 aliphatic carbocycles. The third-order valence-corrected chi connectivity index (χ3v) is 3.00. The third-order valence-electron chi connectivity index (χ3n) is 3.00. The van der Waals surface area contributed by atoms with Crippen molar-refractivity contribution in [2.75, 3.05) is 0 Å². The Morgan fingerprint density at radius 2 is 2.11 bits per heavy atom. The number of hydrogen-bond acceptors (Lipinski definition) is 4. The second kappa shape index (κ2) is 5.67. The Hall–Kier alpha value is -1.84. The SMILES string of the molecule is CCC1=NO[C@H](C)[C@@H]1C(=O)OCc1ccccc1. The van der Waals surface area contributed by atoms with Crippen LogP contribution in [0.25, 0.3) is 0 Å². The van der Waals surface area contributed by atoms with E-state index >= 15 is 0 Å². The summed E-state index contributed by atoms with van der Waals surface area (Å²) in [7, 11) is 0. The van der Waals surface area contributed by atoms with Gasteiger partial charge in [-0.2, -0.15) is 0 Å². The summed E-state index contributed by atoms with van der Waals surface area (Å²) in [6, 6.07) is 9.63. The first-order valence-corrected chi connectivity index (χ1v) is 6.15. The molecule has 96 valence electrons. The topological polar surface area (TPSA) is 47.9 Å². The summed E-state index contributed by atoms with van der Waals surface area (Å²) in [5, 5.41) is 3.91. The molecule has 0 N–H and O–H groups in total. The highest BCUT2D eigenvalue weighted by atomic mass is 16.6. The van der Waals surface area contributed by atoms with Crippen LogP contribution in [0.15, 0.2) is 35.5 Å². The zero-order chi connectivity index (χ0) is 13.0. The number of rotatable bonds is 4. The second-order valence-electron chi connectivity index (χ2n) is 4.32. The number of esters is 1. The first kappa shape index (κ1) is 12.6. The average molecular weight is 247 g/mol. The standard InChI is InChI=1S/C14H17NO3/c1-3-12-13(10(2)18-15-12)14(16)17-9-11-7-5-4-6-8-11/h4-8,10,13H,3,9H2,1-2H3/t10-,13+/m1/s1. The molecule has 1 aliphatic rings. The Balaban J connectivity index is 1.94. The van der Waals surface area contributed by atoms with Crippen molar-refractivity contribution < 1.29 is 14.4 Å². The van der Waals surface area contributed by atoms with Crippen LogP contribution in [0.1, 0.15) is 25.8 Å². The number of ether oxygens (including phenoxy) is 1. The van der Waals surface area contributed by atoms with E-state index in [0.717, 1.165) is 11.3 Å². The molecular weight excluding hydrogens is 230 g/mol. The normalized spacial score (nSPS) is 22.2. The van der Waals surface area contributed by atoms with E-state index in [9.17, 15) is 4.79 Å². The number of carbonyl (C=O) groups excluding carboxylic acids is 1. The number of carbonyl (C=O) groups is 1. The number of benzene rings is 1. The highest BCUT2D eigenvalue weighted by molar-refractivity contribution is 6.03. The minimum absolute atomic E-state index is 0.233. The third kappa shape index (κ3) is 2.70. The van der Waals surface area contributed by atoms with Crippen LogP contribution in [-0.4, -0.2) is 17.8 Å². The van der Waals surface area contributed by atoms with Gasteiger partial charge in [0.2, 0.25) is 0 Å².